The van der Waals surface area contributed by atoms with Crippen molar-refractivity contribution in [3.05, 3.63) is 58.4 Å². The molecule has 1 aliphatic rings. The molecule has 148 valence electrons. The summed E-state index contributed by atoms with van der Waals surface area (Å²) in [6.45, 7) is 2.13. The van der Waals surface area contributed by atoms with Gasteiger partial charge < -0.3 is 10.2 Å². The normalized spacial score (nSPS) is 16.6. The smallest absolute Gasteiger partial charge is 0.253 e. The van der Waals surface area contributed by atoms with Crippen LogP contribution < -0.4 is 5.32 Å². The topological polar surface area (TPSA) is 58.1 Å². The lowest BCUT2D eigenvalue weighted by Gasteiger charge is -2.38. The molecule has 1 aliphatic heterocycles. The Kier molecular flexibility index (Phi) is 6.29. The molecule has 1 fully saturated rings. The molecule has 1 aromatic heterocycles. The molecule has 1 saturated heterocycles. The fourth-order valence-electron chi connectivity index (χ4n) is 3.09. The molecule has 0 saturated carbocycles. The average molecular weight is 414 g/mol. The van der Waals surface area contributed by atoms with Crippen LogP contribution in [-0.4, -0.2) is 61.8 Å². The molecule has 1 N–H and O–H groups in total. The van der Waals surface area contributed by atoms with Gasteiger partial charge in [-0.1, -0.05) is 11.6 Å². The third kappa shape index (κ3) is 5.14. The number of piperidine rings is 1. The minimum Gasteiger partial charge on any atom is -0.338 e. The number of rotatable bonds is 5. The maximum absolute atomic E-state index is 15.2. The number of aryl methyl sites for hydroxylation is 1. The summed E-state index contributed by atoms with van der Waals surface area (Å²) in [5, 5.41) is 1.08. The van der Waals surface area contributed by atoms with Crippen molar-refractivity contribution in [3.8, 4) is 0 Å². The molecule has 2 aromatic rings. The van der Waals surface area contributed by atoms with Crippen LogP contribution in [-0.2, 0) is 5.34 Å². The van der Waals surface area contributed by atoms with E-state index in [0.717, 1.165) is 11.6 Å². The van der Waals surface area contributed by atoms with Crippen LogP contribution in [0.4, 0.5) is 8.78 Å². The summed E-state index contributed by atoms with van der Waals surface area (Å²) in [6.07, 6.45) is 3.36. The van der Waals surface area contributed by atoms with Gasteiger partial charge in [0, 0.05) is 55.8 Å². The Morgan fingerprint density at radius 1 is 1.31 bits per heavy atom. The highest BCUT2D eigenvalue weighted by molar-refractivity contribution is 6.39. The van der Waals surface area contributed by atoms with Crippen molar-refractivity contribution in [2.45, 2.75) is 30.8 Å². The SMILES string of the molecule is [B]C([B])(NCC1(F)CCN(C(=O)c2ccc(F)c(Cl)c2)CC1)c1ncc(C)cn1. The van der Waals surface area contributed by atoms with E-state index in [4.69, 9.17) is 27.3 Å². The van der Waals surface area contributed by atoms with E-state index in [0.29, 0.717) is 0 Å². The highest BCUT2D eigenvalue weighted by Crippen LogP contribution is 2.28. The standard InChI is InChI=1S/C19H19B2ClF2N4O/c1-12-9-25-17(26-10-12)19(20,21)27-11-18(24)4-6-28(7-5-18)16(29)13-2-3-15(23)14(22)8-13/h2-3,8-10,27H,4-7,11H2,1H3. The van der Waals surface area contributed by atoms with Gasteiger partial charge in [-0.25, -0.2) is 18.7 Å². The van der Waals surface area contributed by atoms with Crippen molar-refractivity contribution in [1.82, 2.24) is 20.2 Å². The maximum atomic E-state index is 15.2. The number of carbonyl (C=O) groups is 1. The summed E-state index contributed by atoms with van der Waals surface area (Å²) >= 11 is 5.74. The summed E-state index contributed by atoms with van der Waals surface area (Å²) in [6, 6.07) is 3.77. The number of hydrogen-bond acceptors (Lipinski definition) is 4. The fourth-order valence-corrected chi connectivity index (χ4v) is 3.27. The summed E-state index contributed by atoms with van der Waals surface area (Å²) in [7, 11) is 12.0. The molecule has 29 heavy (non-hydrogen) atoms. The van der Waals surface area contributed by atoms with Gasteiger partial charge in [0.25, 0.3) is 5.91 Å². The zero-order chi connectivity index (χ0) is 21.2. The van der Waals surface area contributed by atoms with E-state index < -0.39 is 16.8 Å². The first-order valence-corrected chi connectivity index (χ1v) is 9.53. The largest absolute Gasteiger partial charge is 0.338 e. The van der Waals surface area contributed by atoms with Crippen LogP contribution in [0.2, 0.25) is 5.02 Å². The molecule has 1 aromatic carbocycles. The second-order valence-electron chi connectivity index (χ2n) is 7.38. The first kappa shape index (κ1) is 21.7. The Labute approximate surface area is 176 Å². The lowest BCUT2D eigenvalue weighted by molar-refractivity contribution is 0.0426. The molecule has 0 atom stereocenters. The van der Waals surface area contributed by atoms with Crippen LogP contribution >= 0.6 is 11.6 Å². The highest BCUT2D eigenvalue weighted by atomic mass is 35.5. The summed E-state index contributed by atoms with van der Waals surface area (Å²) in [5.41, 5.74) is -0.474. The lowest BCUT2D eigenvalue weighted by atomic mass is 9.61. The Bertz CT molecular complexity index is 890. The van der Waals surface area contributed by atoms with E-state index in [2.05, 4.69) is 15.3 Å². The van der Waals surface area contributed by atoms with E-state index in [-0.39, 0.29) is 54.8 Å². The van der Waals surface area contributed by atoms with Crippen LogP contribution in [0.3, 0.4) is 0 Å². The fraction of sp³-hybridized carbons (Fsp3) is 0.421. The van der Waals surface area contributed by atoms with Gasteiger partial charge in [-0.15, -0.1) is 0 Å². The van der Waals surface area contributed by atoms with Crippen LogP contribution in [0.1, 0.15) is 34.6 Å². The van der Waals surface area contributed by atoms with E-state index in [1.165, 1.54) is 17.0 Å². The second kappa shape index (κ2) is 8.40. The number of benzene rings is 1. The number of nitrogens with zero attached hydrogens (tertiary/aromatic N) is 3. The molecule has 2 heterocycles. The molecule has 10 heteroatoms. The monoisotopic (exact) mass is 414 g/mol. The van der Waals surface area contributed by atoms with E-state index >= 15 is 4.39 Å². The Morgan fingerprint density at radius 2 is 1.93 bits per heavy atom. The summed E-state index contributed by atoms with van der Waals surface area (Å²) in [4.78, 5) is 22.2. The van der Waals surface area contributed by atoms with Gasteiger partial charge in [-0.3, -0.25) is 4.79 Å². The zero-order valence-corrected chi connectivity index (χ0v) is 16.7. The molecular weight excluding hydrogens is 395 g/mol. The molecule has 3 rings (SSSR count). The van der Waals surface area contributed by atoms with Crippen molar-refractivity contribution < 1.29 is 13.6 Å². The van der Waals surface area contributed by atoms with Crippen molar-refractivity contribution in [3.63, 3.8) is 0 Å². The van der Waals surface area contributed by atoms with Crippen LogP contribution in [0.25, 0.3) is 0 Å². The molecule has 0 aliphatic carbocycles. The van der Waals surface area contributed by atoms with Gasteiger partial charge in [-0.05, 0) is 30.7 Å². The van der Waals surface area contributed by atoms with E-state index in [9.17, 15) is 9.18 Å². The van der Waals surface area contributed by atoms with Gasteiger partial charge >= 0.3 is 0 Å². The molecule has 0 unspecified atom stereocenters. The Balaban J connectivity index is 1.58. The minimum absolute atomic E-state index is 0.103. The van der Waals surface area contributed by atoms with Crippen LogP contribution in [0, 0.1) is 12.7 Å². The number of hydrogen-bond donors (Lipinski definition) is 1. The summed E-state index contributed by atoms with van der Waals surface area (Å²) < 4.78 is 28.5. The number of nitrogens with one attached hydrogen (secondary N) is 1. The van der Waals surface area contributed by atoms with Gasteiger partial charge in [0.05, 0.1) is 20.7 Å². The van der Waals surface area contributed by atoms with Crippen molar-refractivity contribution in [2.75, 3.05) is 19.6 Å². The van der Waals surface area contributed by atoms with Crippen molar-refractivity contribution in [2.24, 2.45) is 0 Å². The van der Waals surface area contributed by atoms with E-state index in [1.54, 1.807) is 12.4 Å². The molecule has 0 spiro atoms. The number of aromatic nitrogens is 2. The quantitative estimate of drug-likeness (QED) is 0.763. The maximum Gasteiger partial charge on any atom is 0.253 e. The molecule has 0 bridgehead atoms. The predicted octanol–water partition coefficient (Wildman–Crippen LogP) is 2.26. The molecule has 1 amide bonds. The lowest BCUT2D eigenvalue weighted by Crippen LogP contribution is -2.54. The third-order valence-corrected chi connectivity index (χ3v) is 5.25. The first-order valence-electron chi connectivity index (χ1n) is 9.15. The number of carbonyl (C=O) groups excluding carboxylic acids is 1. The highest BCUT2D eigenvalue weighted by Gasteiger charge is 2.37. The number of likely N-dealkylation sites (tertiary alicyclic amines) is 1. The third-order valence-electron chi connectivity index (χ3n) is 4.96. The van der Waals surface area contributed by atoms with Crippen molar-refractivity contribution >= 4 is 33.2 Å². The predicted molar refractivity (Wildman–Crippen MR) is 108 cm³/mol. The van der Waals surface area contributed by atoms with Gasteiger partial charge in [0.15, 0.2) is 0 Å². The van der Waals surface area contributed by atoms with Gasteiger partial charge in [-0.2, -0.15) is 0 Å². The molecular formula is C19H19B2ClF2N4O. The van der Waals surface area contributed by atoms with Gasteiger partial charge in [0.1, 0.15) is 17.3 Å². The van der Waals surface area contributed by atoms with Crippen LogP contribution in [0.5, 0.6) is 0 Å². The van der Waals surface area contributed by atoms with Crippen molar-refractivity contribution in [1.29, 1.82) is 0 Å². The number of halogens is 3. The first-order chi connectivity index (χ1) is 13.6. The average Bonchev–Trinajstić information content (AvgIpc) is 2.69. The number of alkyl halides is 1. The Hall–Kier alpha value is -1.99. The second-order valence-corrected chi connectivity index (χ2v) is 7.79. The Morgan fingerprint density at radius 3 is 2.52 bits per heavy atom. The summed E-state index contributed by atoms with van der Waals surface area (Å²) in [5.74, 6) is -0.755. The molecule has 4 radical (unpaired) electrons. The van der Waals surface area contributed by atoms with Gasteiger partial charge in [0.2, 0.25) is 0 Å². The minimum atomic E-state index is -1.59. The zero-order valence-electron chi connectivity index (χ0n) is 16.0. The number of amides is 1. The molecule has 5 nitrogen and oxygen atoms in total. The van der Waals surface area contributed by atoms with E-state index in [1.807, 2.05) is 6.92 Å². The van der Waals surface area contributed by atoms with Crippen LogP contribution in [0.15, 0.2) is 30.6 Å².